The zero-order valence-corrected chi connectivity index (χ0v) is 15.2. The van der Waals surface area contributed by atoms with Gasteiger partial charge in [-0.1, -0.05) is 49.6 Å². The number of hydrogen-bond acceptors (Lipinski definition) is 2. The molecule has 0 spiro atoms. The molecular formula is C21H35NO. The first-order valence-corrected chi connectivity index (χ1v) is 9.64. The molecule has 0 unspecified atom stereocenters. The van der Waals surface area contributed by atoms with Gasteiger partial charge in [-0.3, -0.25) is 0 Å². The van der Waals surface area contributed by atoms with Crippen LogP contribution in [0.3, 0.4) is 0 Å². The van der Waals surface area contributed by atoms with Gasteiger partial charge in [0.2, 0.25) is 0 Å². The van der Waals surface area contributed by atoms with Gasteiger partial charge in [-0.05, 0) is 70.6 Å². The molecule has 1 aliphatic heterocycles. The topological polar surface area (TPSA) is 12.5 Å². The number of likely N-dealkylation sites (tertiary alicyclic amines) is 1. The quantitative estimate of drug-likeness (QED) is 0.547. The summed E-state index contributed by atoms with van der Waals surface area (Å²) in [7, 11) is 0. The van der Waals surface area contributed by atoms with Crippen LogP contribution in [0.1, 0.15) is 70.3 Å². The molecule has 1 aromatic rings. The predicted octanol–water partition coefficient (Wildman–Crippen LogP) is 5.24. The van der Waals surface area contributed by atoms with Crippen molar-refractivity contribution in [3.05, 3.63) is 35.9 Å². The summed E-state index contributed by atoms with van der Waals surface area (Å²) < 4.78 is 5.58. The summed E-state index contributed by atoms with van der Waals surface area (Å²) in [4.78, 5) is 2.67. The van der Waals surface area contributed by atoms with Crippen LogP contribution in [0.25, 0.3) is 0 Å². The van der Waals surface area contributed by atoms with Crippen LogP contribution in [0.15, 0.2) is 30.3 Å². The van der Waals surface area contributed by atoms with E-state index in [4.69, 9.17) is 4.74 Å². The number of piperidine rings is 1. The Balaban J connectivity index is 1.47. The summed E-state index contributed by atoms with van der Waals surface area (Å²) >= 11 is 0. The van der Waals surface area contributed by atoms with Gasteiger partial charge in [0, 0.05) is 6.61 Å². The average Bonchev–Trinajstić information content (AvgIpc) is 2.58. The van der Waals surface area contributed by atoms with Gasteiger partial charge in [0.15, 0.2) is 0 Å². The molecule has 0 aliphatic carbocycles. The number of unbranched alkanes of at least 4 members (excludes halogenated alkanes) is 4. The number of rotatable bonds is 10. The molecular weight excluding hydrogens is 282 g/mol. The summed E-state index contributed by atoms with van der Waals surface area (Å²) in [6.45, 7) is 9.01. The second kappa shape index (κ2) is 10.8. The summed E-state index contributed by atoms with van der Waals surface area (Å²) in [5.74, 6) is 0.786. The van der Waals surface area contributed by atoms with Gasteiger partial charge in [-0.2, -0.15) is 0 Å². The predicted molar refractivity (Wildman–Crippen MR) is 99.0 cm³/mol. The second-order valence-electron chi connectivity index (χ2n) is 7.21. The Kier molecular flexibility index (Phi) is 8.70. The molecule has 2 heteroatoms. The molecule has 0 aromatic heterocycles. The zero-order valence-electron chi connectivity index (χ0n) is 15.2. The van der Waals surface area contributed by atoms with Crippen molar-refractivity contribution in [2.75, 3.05) is 26.2 Å². The lowest BCUT2D eigenvalue weighted by atomic mass is 9.89. The zero-order chi connectivity index (χ0) is 16.3. The van der Waals surface area contributed by atoms with Gasteiger partial charge in [0.05, 0.1) is 6.10 Å². The number of ether oxygens (including phenoxy) is 1. The van der Waals surface area contributed by atoms with Crippen molar-refractivity contribution in [2.45, 2.75) is 70.8 Å². The van der Waals surface area contributed by atoms with Gasteiger partial charge in [-0.15, -0.1) is 0 Å². The van der Waals surface area contributed by atoms with E-state index in [-0.39, 0.29) is 0 Å². The Morgan fingerprint density at radius 1 is 0.957 bits per heavy atom. The lowest BCUT2D eigenvalue weighted by molar-refractivity contribution is 0.0756. The highest BCUT2D eigenvalue weighted by atomic mass is 16.5. The lowest BCUT2D eigenvalue weighted by Crippen LogP contribution is -2.33. The normalized spacial score (nSPS) is 17.0. The van der Waals surface area contributed by atoms with E-state index in [1.807, 2.05) is 0 Å². The Morgan fingerprint density at radius 2 is 1.61 bits per heavy atom. The highest BCUT2D eigenvalue weighted by Crippen LogP contribution is 2.27. The molecule has 0 atom stereocenters. The van der Waals surface area contributed by atoms with E-state index >= 15 is 0 Å². The van der Waals surface area contributed by atoms with E-state index in [9.17, 15) is 0 Å². The summed E-state index contributed by atoms with van der Waals surface area (Å²) in [6.07, 6.45) is 9.69. The van der Waals surface area contributed by atoms with Crippen molar-refractivity contribution >= 4 is 0 Å². The van der Waals surface area contributed by atoms with E-state index in [0.717, 1.165) is 12.5 Å². The van der Waals surface area contributed by atoms with Gasteiger partial charge in [0.25, 0.3) is 0 Å². The van der Waals surface area contributed by atoms with Crippen LogP contribution in [0.5, 0.6) is 0 Å². The van der Waals surface area contributed by atoms with Crippen LogP contribution >= 0.6 is 0 Å². The fourth-order valence-electron chi connectivity index (χ4n) is 3.50. The van der Waals surface area contributed by atoms with Crippen molar-refractivity contribution in [2.24, 2.45) is 0 Å². The fourth-order valence-corrected chi connectivity index (χ4v) is 3.50. The highest BCUT2D eigenvalue weighted by molar-refractivity contribution is 5.19. The summed E-state index contributed by atoms with van der Waals surface area (Å²) in [5.41, 5.74) is 1.54. The molecule has 0 N–H and O–H groups in total. The minimum atomic E-state index is 0.383. The molecule has 0 bridgehead atoms. The lowest BCUT2D eigenvalue weighted by Gasteiger charge is -2.32. The molecule has 0 saturated carbocycles. The maximum Gasteiger partial charge on any atom is 0.0518 e. The van der Waals surface area contributed by atoms with Crippen LogP contribution in [-0.2, 0) is 4.74 Å². The Labute approximate surface area is 143 Å². The van der Waals surface area contributed by atoms with Crippen LogP contribution in [0, 0.1) is 0 Å². The average molecular weight is 318 g/mol. The van der Waals surface area contributed by atoms with Gasteiger partial charge < -0.3 is 9.64 Å². The highest BCUT2D eigenvalue weighted by Gasteiger charge is 2.19. The van der Waals surface area contributed by atoms with Crippen molar-refractivity contribution in [3.8, 4) is 0 Å². The van der Waals surface area contributed by atoms with Gasteiger partial charge in [-0.25, -0.2) is 0 Å². The van der Waals surface area contributed by atoms with E-state index in [2.05, 4.69) is 49.1 Å². The molecule has 2 nitrogen and oxygen atoms in total. The van der Waals surface area contributed by atoms with Gasteiger partial charge >= 0.3 is 0 Å². The van der Waals surface area contributed by atoms with Crippen molar-refractivity contribution < 1.29 is 4.74 Å². The first kappa shape index (κ1) is 18.5. The van der Waals surface area contributed by atoms with Crippen LogP contribution in [-0.4, -0.2) is 37.2 Å². The first-order valence-electron chi connectivity index (χ1n) is 9.64. The van der Waals surface area contributed by atoms with E-state index in [1.165, 1.54) is 70.1 Å². The molecule has 1 saturated heterocycles. The molecule has 23 heavy (non-hydrogen) atoms. The number of hydrogen-bond donors (Lipinski definition) is 0. The van der Waals surface area contributed by atoms with Crippen molar-refractivity contribution in [1.82, 2.24) is 4.90 Å². The molecule has 2 rings (SSSR count). The Hall–Kier alpha value is -0.860. The summed E-state index contributed by atoms with van der Waals surface area (Å²) in [6, 6.07) is 11.1. The van der Waals surface area contributed by atoms with Crippen LogP contribution in [0.2, 0.25) is 0 Å². The SMILES string of the molecule is CC(C)OCCCCCCCN1CCC(c2ccccc2)CC1. The van der Waals surface area contributed by atoms with E-state index in [1.54, 1.807) is 0 Å². The fraction of sp³-hybridized carbons (Fsp3) is 0.714. The third kappa shape index (κ3) is 7.50. The molecule has 0 amide bonds. The van der Waals surface area contributed by atoms with Gasteiger partial charge in [0.1, 0.15) is 0 Å². The van der Waals surface area contributed by atoms with Crippen molar-refractivity contribution in [3.63, 3.8) is 0 Å². The smallest absolute Gasteiger partial charge is 0.0518 e. The number of nitrogens with zero attached hydrogens (tertiary/aromatic N) is 1. The van der Waals surface area contributed by atoms with E-state index < -0.39 is 0 Å². The maximum absolute atomic E-state index is 5.58. The molecule has 0 radical (unpaired) electrons. The third-order valence-electron chi connectivity index (χ3n) is 4.93. The van der Waals surface area contributed by atoms with Crippen molar-refractivity contribution in [1.29, 1.82) is 0 Å². The Bertz CT molecular complexity index is 396. The maximum atomic E-state index is 5.58. The first-order chi connectivity index (χ1) is 11.3. The monoisotopic (exact) mass is 317 g/mol. The molecule has 1 aliphatic rings. The van der Waals surface area contributed by atoms with Crippen LogP contribution < -0.4 is 0 Å². The molecule has 1 heterocycles. The second-order valence-corrected chi connectivity index (χ2v) is 7.21. The number of benzene rings is 1. The molecule has 1 fully saturated rings. The third-order valence-corrected chi connectivity index (χ3v) is 4.93. The van der Waals surface area contributed by atoms with Crippen LogP contribution in [0.4, 0.5) is 0 Å². The Morgan fingerprint density at radius 3 is 2.30 bits per heavy atom. The summed E-state index contributed by atoms with van der Waals surface area (Å²) in [5, 5.41) is 0. The minimum absolute atomic E-state index is 0.383. The minimum Gasteiger partial charge on any atom is -0.379 e. The van der Waals surface area contributed by atoms with E-state index in [0.29, 0.717) is 6.10 Å². The molecule has 130 valence electrons. The standard InChI is InChI=1S/C21H35NO/c1-19(2)23-18-10-5-3-4-9-15-22-16-13-21(14-17-22)20-11-7-6-8-12-20/h6-8,11-12,19,21H,3-5,9-10,13-18H2,1-2H3. The molecule has 1 aromatic carbocycles. The largest absolute Gasteiger partial charge is 0.379 e.